The lowest BCUT2D eigenvalue weighted by Crippen LogP contribution is -2.10. The number of rotatable bonds is 3. The number of anilines is 3. The third-order valence-electron chi connectivity index (χ3n) is 6.17. The van der Waals surface area contributed by atoms with Gasteiger partial charge in [0.15, 0.2) is 0 Å². The van der Waals surface area contributed by atoms with Gasteiger partial charge in [-0.1, -0.05) is 41.5 Å². The Morgan fingerprint density at radius 3 is 2.79 bits per heavy atom. The van der Waals surface area contributed by atoms with E-state index in [0.29, 0.717) is 34.8 Å². The zero-order valence-corrected chi connectivity index (χ0v) is 19.0. The molecular weight excluding hydrogens is 451 g/mol. The summed E-state index contributed by atoms with van der Waals surface area (Å²) in [6, 6.07) is 17.5. The Hall–Kier alpha value is -4.24. The van der Waals surface area contributed by atoms with Crippen LogP contribution in [-0.2, 0) is 0 Å². The number of pyridine rings is 1. The number of fused-ring (bicyclic) bond motifs is 3. The Morgan fingerprint density at radius 1 is 1.06 bits per heavy atom. The fourth-order valence-electron chi connectivity index (χ4n) is 4.64. The van der Waals surface area contributed by atoms with Crippen molar-refractivity contribution in [2.75, 3.05) is 17.7 Å². The summed E-state index contributed by atoms with van der Waals surface area (Å²) >= 11 is 1.56. The first kappa shape index (κ1) is 19.2. The van der Waals surface area contributed by atoms with E-state index >= 15 is 4.39 Å². The number of nitrogens with zero attached hydrogens (tertiary/aromatic N) is 4. The molecule has 6 aromatic rings. The van der Waals surface area contributed by atoms with Crippen LogP contribution >= 0.6 is 11.3 Å². The minimum atomic E-state index is -0.294. The number of imidazole rings is 1. The van der Waals surface area contributed by atoms with Crippen molar-refractivity contribution in [3.8, 4) is 33.3 Å². The molecule has 5 heterocycles. The minimum Gasteiger partial charge on any atom is -0.402 e. The molecule has 2 aromatic carbocycles. The van der Waals surface area contributed by atoms with Crippen LogP contribution < -0.4 is 10.6 Å². The smallest absolute Gasteiger partial charge is 0.315 e. The second kappa shape index (κ2) is 6.88. The first-order valence-electron chi connectivity index (χ1n) is 10.8. The maximum Gasteiger partial charge on any atom is 0.315 e. The Kier molecular flexibility index (Phi) is 3.89. The molecule has 0 radical (unpaired) electrons. The number of halogens is 1. The van der Waals surface area contributed by atoms with Gasteiger partial charge in [0, 0.05) is 28.3 Å². The third kappa shape index (κ3) is 2.52. The summed E-state index contributed by atoms with van der Waals surface area (Å²) in [6.45, 7) is 2.01. The highest BCUT2D eigenvalue weighted by Gasteiger charge is 2.30. The van der Waals surface area contributed by atoms with Gasteiger partial charge in [-0.3, -0.25) is 4.40 Å². The maximum absolute atomic E-state index is 15.2. The predicted octanol–water partition coefficient (Wildman–Crippen LogP) is 6.48. The minimum absolute atomic E-state index is 0.294. The monoisotopic (exact) mass is 468 g/mol. The van der Waals surface area contributed by atoms with E-state index in [-0.39, 0.29) is 5.82 Å². The number of nitrogens with one attached hydrogen (secondary N) is 2. The zero-order valence-electron chi connectivity index (χ0n) is 18.2. The van der Waals surface area contributed by atoms with Crippen molar-refractivity contribution in [2.24, 2.45) is 0 Å². The van der Waals surface area contributed by atoms with Crippen LogP contribution in [0.15, 0.2) is 59.0 Å². The molecule has 34 heavy (non-hydrogen) atoms. The molecular formula is C25H17FN6OS. The quantitative estimate of drug-likeness (QED) is 0.309. The van der Waals surface area contributed by atoms with E-state index in [1.165, 1.54) is 6.07 Å². The normalized spacial score (nSPS) is 12.2. The lowest BCUT2D eigenvalue weighted by molar-refractivity contribution is 0.587. The highest BCUT2D eigenvalue weighted by atomic mass is 32.1. The Bertz CT molecular complexity index is 1760. The number of benzene rings is 2. The van der Waals surface area contributed by atoms with Crippen LogP contribution in [0, 0.1) is 12.7 Å². The lowest BCUT2D eigenvalue weighted by Gasteiger charge is -2.23. The fraction of sp³-hybridized carbons (Fsp3) is 0.0800. The highest BCUT2D eigenvalue weighted by Crippen LogP contribution is 2.50. The summed E-state index contributed by atoms with van der Waals surface area (Å²) in [6.07, 6.45) is 0. The van der Waals surface area contributed by atoms with Crippen molar-refractivity contribution in [3.63, 3.8) is 0 Å². The van der Waals surface area contributed by atoms with Gasteiger partial charge in [0.05, 0.1) is 11.4 Å². The predicted molar refractivity (Wildman–Crippen MR) is 132 cm³/mol. The molecule has 0 fully saturated rings. The molecule has 7 nitrogen and oxygen atoms in total. The van der Waals surface area contributed by atoms with Gasteiger partial charge in [0.2, 0.25) is 0 Å². The molecule has 0 bridgehead atoms. The number of aromatic nitrogens is 4. The molecule has 0 aliphatic carbocycles. The molecule has 1 aliphatic heterocycles. The van der Waals surface area contributed by atoms with Gasteiger partial charge in [-0.2, -0.15) is 0 Å². The molecule has 166 valence electrons. The van der Waals surface area contributed by atoms with Gasteiger partial charge in [-0.25, -0.2) is 9.37 Å². The van der Waals surface area contributed by atoms with E-state index in [9.17, 15) is 0 Å². The Balaban J connectivity index is 1.59. The van der Waals surface area contributed by atoms with E-state index in [2.05, 4.69) is 33.0 Å². The molecule has 0 amide bonds. The van der Waals surface area contributed by atoms with E-state index in [1.54, 1.807) is 24.5 Å². The fourth-order valence-corrected chi connectivity index (χ4v) is 5.77. The van der Waals surface area contributed by atoms with E-state index in [0.717, 1.165) is 37.3 Å². The summed E-state index contributed by atoms with van der Waals surface area (Å²) in [5.41, 5.74) is 5.45. The number of hydrogen-bond donors (Lipinski definition) is 2. The number of aryl methyl sites for hydroxylation is 1. The van der Waals surface area contributed by atoms with Crippen molar-refractivity contribution in [3.05, 3.63) is 66.0 Å². The van der Waals surface area contributed by atoms with Crippen LogP contribution in [-0.4, -0.2) is 26.6 Å². The highest BCUT2D eigenvalue weighted by molar-refractivity contribution is 7.23. The molecule has 9 heteroatoms. The van der Waals surface area contributed by atoms with Gasteiger partial charge >= 0.3 is 6.01 Å². The molecule has 1 aliphatic rings. The Morgan fingerprint density at radius 2 is 1.94 bits per heavy atom. The van der Waals surface area contributed by atoms with Gasteiger partial charge in [-0.15, -0.1) is 16.4 Å². The van der Waals surface area contributed by atoms with E-state index < -0.39 is 0 Å². The average molecular weight is 469 g/mol. The molecule has 0 spiro atoms. The van der Waals surface area contributed by atoms with Gasteiger partial charge in [0.25, 0.3) is 5.89 Å². The van der Waals surface area contributed by atoms with Crippen molar-refractivity contribution < 1.29 is 8.81 Å². The van der Waals surface area contributed by atoms with Crippen LogP contribution in [0.2, 0.25) is 0 Å². The average Bonchev–Trinajstić information content (AvgIpc) is 3.56. The lowest BCUT2D eigenvalue weighted by atomic mass is 10.0. The Labute approximate surface area is 196 Å². The molecule has 7 rings (SSSR count). The van der Waals surface area contributed by atoms with Crippen LogP contribution in [0.4, 0.5) is 21.9 Å². The molecule has 2 N–H and O–H groups in total. The molecule has 0 unspecified atom stereocenters. The first-order chi connectivity index (χ1) is 16.6. The van der Waals surface area contributed by atoms with Crippen LogP contribution in [0.1, 0.15) is 5.56 Å². The summed E-state index contributed by atoms with van der Waals surface area (Å²) in [4.78, 5) is 5.79. The van der Waals surface area contributed by atoms with Crippen LogP contribution in [0.25, 0.3) is 49.0 Å². The topological polar surface area (TPSA) is 80.3 Å². The van der Waals surface area contributed by atoms with Crippen molar-refractivity contribution in [1.29, 1.82) is 0 Å². The van der Waals surface area contributed by atoms with Crippen molar-refractivity contribution in [1.82, 2.24) is 19.6 Å². The van der Waals surface area contributed by atoms with Gasteiger partial charge in [0.1, 0.15) is 27.9 Å². The maximum atomic E-state index is 15.2. The summed E-state index contributed by atoms with van der Waals surface area (Å²) in [5.74, 6) is 0.824. The number of hydrogen-bond acceptors (Lipinski definition) is 7. The van der Waals surface area contributed by atoms with Crippen molar-refractivity contribution >= 4 is 44.6 Å². The second-order valence-electron chi connectivity index (χ2n) is 8.12. The molecule has 0 saturated carbocycles. The van der Waals surface area contributed by atoms with E-state index in [4.69, 9.17) is 9.40 Å². The summed E-state index contributed by atoms with van der Waals surface area (Å²) < 4.78 is 24.0. The zero-order chi connectivity index (χ0) is 23.0. The SMILES string of the molecule is CNc1nnc(-c2sc3ccccc3c2-c2nc3ccc(F)c4n3c2Nc2c(C)cccc2-4)o1. The standard InChI is InChI=1S/C25H17FN6OS/c1-12-6-5-8-14-19(12)29-23-20(28-17-11-10-15(26)21(14)32(17)23)18-13-7-3-4-9-16(13)34-22(18)24-30-31-25(27-2)33-24/h3-11,29H,1-2H3,(H,27,31). The van der Waals surface area contributed by atoms with E-state index in [1.807, 2.05) is 41.7 Å². The van der Waals surface area contributed by atoms with Crippen LogP contribution in [0.5, 0.6) is 0 Å². The van der Waals surface area contributed by atoms with Crippen LogP contribution in [0.3, 0.4) is 0 Å². The van der Waals surface area contributed by atoms with Gasteiger partial charge in [-0.05, 0) is 30.7 Å². The summed E-state index contributed by atoms with van der Waals surface area (Å²) in [7, 11) is 1.73. The molecule has 0 saturated heterocycles. The third-order valence-corrected chi connectivity index (χ3v) is 7.33. The summed E-state index contributed by atoms with van der Waals surface area (Å²) in [5, 5.41) is 15.8. The first-order valence-corrected chi connectivity index (χ1v) is 11.6. The van der Waals surface area contributed by atoms with Gasteiger partial charge < -0.3 is 15.1 Å². The largest absolute Gasteiger partial charge is 0.402 e. The molecule has 4 aromatic heterocycles. The van der Waals surface area contributed by atoms with Crippen molar-refractivity contribution in [2.45, 2.75) is 6.92 Å². The second-order valence-corrected chi connectivity index (χ2v) is 9.17. The number of thiophene rings is 1. The number of para-hydroxylation sites is 1. The molecule has 0 atom stereocenters.